The molecule has 1 rings (SSSR count). The fourth-order valence-electron chi connectivity index (χ4n) is 2.58. The van der Waals surface area contributed by atoms with Gasteiger partial charge in [-0.1, -0.05) is 13.8 Å². The number of carbonyl (C=O) groups is 2. The van der Waals surface area contributed by atoms with Crippen LogP contribution in [-0.2, 0) is 4.79 Å². The molecule has 2 amide bonds. The molecule has 3 N–H and O–H groups in total. The molecule has 0 bridgehead atoms. The molecule has 6 nitrogen and oxygen atoms in total. The fourth-order valence-corrected chi connectivity index (χ4v) is 2.58. The SMILES string of the molecule is CC(C)CC(NC(=O)NCC1CCCN(C)C1)C(=O)O. The van der Waals surface area contributed by atoms with Crippen molar-refractivity contribution in [2.75, 3.05) is 26.7 Å². The van der Waals surface area contributed by atoms with Crippen molar-refractivity contribution in [2.24, 2.45) is 11.8 Å². The van der Waals surface area contributed by atoms with Crippen LogP contribution >= 0.6 is 0 Å². The maximum atomic E-state index is 11.8. The van der Waals surface area contributed by atoms with Gasteiger partial charge in [0.1, 0.15) is 6.04 Å². The van der Waals surface area contributed by atoms with E-state index in [1.165, 1.54) is 0 Å². The van der Waals surface area contributed by atoms with Gasteiger partial charge in [-0.25, -0.2) is 9.59 Å². The van der Waals surface area contributed by atoms with Gasteiger partial charge in [0.2, 0.25) is 0 Å². The molecule has 1 saturated heterocycles. The van der Waals surface area contributed by atoms with Crippen molar-refractivity contribution in [3.63, 3.8) is 0 Å². The molecule has 0 aliphatic carbocycles. The van der Waals surface area contributed by atoms with Crippen molar-refractivity contribution in [3.05, 3.63) is 0 Å². The molecule has 116 valence electrons. The summed E-state index contributed by atoms with van der Waals surface area (Å²) in [5.41, 5.74) is 0. The van der Waals surface area contributed by atoms with E-state index in [0.29, 0.717) is 18.9 Å². The number of piperidine rings is 1. The number of amides is 2. The highest BCUT2D eigenvalue weighted by Crippen LogP contribution is 2.13. The summed E-state index contributed by atoms with van der Waals surface area (Å²) in [6.45, 7) is 6.57. The van der Waals surface area contributed by atoms with Gasteiger partial charge < -0.3 is 20.6 Å². The van der Waals surface area contributed by atoms with Crippen LogP contribution in [0.4, 0.5) is 4.79 Å². The van der Waals surface area contributed by atoms with Gasteiger partial charge in [0.15, 0.2) is 0 Å². The van der Waals surface area contributed by atoms with Gasteiger partial charge in [0.05, 0.1) is 0 Å². The van der Waals surface area contributed by atoms with Gasteiger partial charge >= 0.3 is 12.0 Å². The monoisotopic (exact) mass is 285 g/mol. The summed E-state index contributed by atoms with van der Waals surface area (Å²) in [6.07, 6.45) is 2.70. The lowest BCUT2D eigenvalue weighted by Crippen LogP contribution is -2.48. The second-order valence-corrected chi connectivity index (χ2v) is 6.15. The number of carbonyl (C=O) groups excluding carboxylic acids is 1. The average Bonchev–Trinajstić information content (AvgIpc) is 2.35. The van der Waals surface area contributed by atoms with Crippen molar-refractivity contribution < 1.29 is 14.7 Å². The van der Waals surface area contributed by atoms with Gasteiger partial charge in [-0.3, -0.25) is 0 Å². The van der Waals surface area contributed by atoms with E-state index in [1.54, 1.807) is 0 Å². The Hall–Kier alpha value is -1.30. The van der Waals surface area contributed by atoms with Crippen LogP contribution in [0, 0.1) is 11.8 Å². The van der Waals surface area contributed by atoms with E-state index < -0.39 is 12.0 Å². The normalized spacial score (nSPS) is 21.5. The van der Waals surface area contributed by atoms with E-state index in [-0.39, 0.29) is 11.9 Å². The van der Waals surface area contributed by atoms with E-state index in [1.807, 2.05) is 13.8 Å². The minimum absolute atomic E-state index is 0.225. The molecule has 0 aromatic rings. The summed E-state index contributed by atoms with van der Waals surface area (Å²) >= 11 is 0. The molecule has 2 unspecified atom stereocenters. The number of urea groups is 1. The zero-order chi connectivity index (χ0) is 15.1. The van der Waals surface area contributed by atoms with Gasteiger partial charge in [0.25, 0.3) is 0 Å². The minimum Gasteiger partial charge on any atom is -0.480 e. The summed E-state index contributed by atoms with van der Waals surface area (Å²) in [4.78, 5) is 25.1. The lowest BCUT2D eigenvalue weighted by Gasteiger charge is -2.29. The first-order valence-electron chi connectivity index (χ1n) is 7.34. The zero-order valence-electron chi connectivity index (χ0n) is 12.7. The van der Waals surface area contributed by atoms with Crippen LogP contribution in [0.15, 0.2) is 0 Å². The lowest BCUT2D eigenvalue weighted by atomic mass is 9.98. The van der Waals surface area contributed by atoms with Crippen molar-refractivity contribution in [1.82, 2.24) is 15.5 Å². The molecule has 0 aromatic carbocycles. The largest absolute Gasteiger partial charge is 0.480 e. The van der Waals surface area contributed by atoms with Crippen molar-refractivity contribution in [3.8, 4) is 0 Å². The average molecular weight is 285 g/mol. The van der Waals surface area contributed by atoms with E-state index >= 15 is 0 Å². The van der Waals surface area contributed by atoms with Crippen LogP contribution < -0.4 is 10.6 Å². The van der Waals surface area contributed by atoms with Crippen LogP contribution in [0.2, 0.25) is 0 Å². The van der Waals surface area contributed by atoms with Crippen LogP contribution in [-0.4, -0.2) is 54.7 Å². The Balaban J connectivity index is 2.32. The smallest absolute Gasteiger partial charge is 0.326 e. The zero-order valence-corrected chi connectivity index (χ0v) is 12.7. The van der Waals surface area contributed by atoms with Gasteiger partial charge in [0, 0.05) is 13.1 Å². The highest BCUT2D eigenvalue weighted by molar-refractivity contribution is 5.82. The maximum Gasteiger partial charge on any atom is 0.326 e. The first kappa shape index (κ1) is 16.8. The molecule has 6 heteroatoms. The molecule has 0 saturated carbocycles. The molecule has 0 spiro atoms. The lowest BCUT2D eigenvalue weighted by molar-refractivity contribution is -0.139. The van der Waals surface area contributed by atoms with E-state index in [0.717, 1.165) is 25.9 Å². The van der Waals surface area contributed by atoms with Crippen LogP contribution in [0.25, 0.3) is 0 Å². The summed E-state index contributed by atoms with van der Waals surface area (Å²) in [7, 11) is 2.08. The van der Waals surface area contributed by atoms with E-state index in [9.17, 15) is 9.59 Å². The molecule has 20 heavy (non-hydrogen) atoms. The van der Waals surface area contributed by atoms with Crippen LogP contribution in [0.1, 0.15) is 33.1 Å². The number of rotatable bonds is 6. The molecule has 1 aliphatic heterocycles. The summed E-state index contributed by atoms with van der Waals surface area (Å²) in [5.74, 6) is -0.303. The number of aliphatic carboxylic acids is 1. The third-order valence-electron chi connectivity index (χ3n) is 3.58. The Morgan fingerprint density at radius 2 is 2.10 bits per heavy atom. The van der Waals surface area contributed by atoms with Crippen molar-refractivity contribution in [1.29, 1.82) is 0 Å². The third kappa shape index (κ3) is 6.23. The predicted octanol–water partition coefficient (Wildman–Crippen LogP) is 1.13. The fraction of sp³-hybridized carbons (Fsp3) is 0.857. The summed E-state index contributed by atoms with van der Waals surface area (Å²) in [6, 6.07) is -1.20. The standard InChI is InChI=1S/C14H27N3O3/c1-10(2)7-12(13(18)19)16-14(20)15-8-11-5-4-6-17(3)9-11/h10-12H,4-9H2,1-3H3,(H,18,19)(H2,15,16,20). The summed E-state index contributed by atoms with van der Waals surface area (Å²) < 4.78 is 0. The Labute approximate surface area is 120 Å². The molecule has 0 aromatic heterocycles. The first-order chi connectivity index (χ1) is 9.38. The van der Waals surface area contributed by atoms with Gasteiger partial charge in [-0.05, 0) is 44.7 Å². The molecule has 0 radical (unpaired) electrons. The topological polar surface area (TPSA) is 81.7 Å². The Morgan fingerprint density at radius 1 is 1.40 bits per heavy atom. The molecule has 2 atom stereocenters. The number of nitrogens with one attached hydrogen (secondary N) is 2. The number of likely N-dealkylation sites (tertiary alicyclic amines) is 1. The molecule has 1 aliphatic rings. The highest BCUT2D eigenvalue weighted by atomic mass is 16.4. The van der Waals surface area contributed by atoms with E-state index in [4.69, 9.17) is 5.11 Å². The second kappa shape index (κ2) is 8.09. The van der Waals surface area contributed by atoms with Gasteiger partial charge in [-0.2, -0.15) is 0 Å². The van der Waals surface area contributed by atoms with Crippen molar-refractivity contribution >= 4 is 12.0 Å². The Morgan fingerprint density at radius 3 is 2.65 bits per heavy atom. The minimum atomic E-state index is -0.980. The number of hydrogen-bond acceptors (Lipinski definition) is 3. The number of nitrogens with zero attached hydrogens (tertiary/aromatic N) is 1. The summed E-state index contributed by atoms with van der Waals surface area (Å²) in [5, 5.41) is 14.4. The predicted molar refractivity (Wildman–Crippen MR) is 77.6 cm³/mol. The highest BCUT2D eigenvalue weighted by Gasteiger charge is 2.22. The van der Waals surface area contributed by atoms with Gasteiger partial charge in [-0.15, -0.1) is 0 Å². The first-order valence-corrected chi connectivity index (χ1v) is 7.34. The molecular weight excluding hydrogens is 258 g/mol. The van der Waals surface area contributed by atoms with Crippen molar-refractivity contribution in [2.45, 2.75) is 39.2 Å². The molecular formula is C14H27N3O3. The third-order valence-corrected chi connectivity index (χ3v) is 3.58. The molecule has 1 fully saturated rings. The Bertz CT molecular complexity index is 334. The van der Waals surface area contributed by atoms with Crippen LogP contribution in [0.3, 0.4) is 0 Å². The maximum absolute atomic E-state index is 11.8. The van der Waals surface area contributed by atoms with Crippen LogP contribution in [0.5, 0.6) is 0 Å². The Kier molecular flexibility index (Phi) is 6.78. The quantitative estimate of drug-likeness (QED) is 0.683. The second-order valence-electron chi connectivity index (χ2n) is 6.15. The number of hydrogen-bond donors (Lipinski definition) is 3. The van der Waals surface area contributed by atoms with E-state index in [2.05, 4.69) is 22.6 Å². The number of carboxylic acids is 1. The number of carboxylic acid groups (broad SMARTS) is 1. The molecule has 1 heterocycles.